The highest BCUT2D eigenvalue weighted by atomic mass is 16.1. The van der Waals surface area contributed by atoms with E-state index in [-0.39, 0.29) is 18.5 Å². The van der Waals surface area contributed by atoms with Gasteiger partial charge in [-0.1, -0.05) is 18.1 Å². The molecule has 2 N–H and O–H groups in total. The number of carbonyl (C=O) groups is 1. The lowest BCUT2D eigenvalue weighted by molar-refractivity contribution is -0.115. The molecule has 0 aromatic heterocycles. The molecule has 0 aliphatic heterocycles. The van der Waals surface area contributed by atoms with Crippen LogP contribution >= 0.6 is 0 Å². The van der Waals surface area contributed by atoms with E-state index in [1.165, 1.54) is 0 Å². The van der Waals surface area contributed by atoms with Gasteiger partial charge in [-0.05, 0) is 31.5 Å². The maximum Gasteiger partial charge on any atom is 0.238 e. The number of hydrogen-bond donors (Lipinski definition) is 2. The molecular formula is C13H16N2O. The maximum absolute atomic E-state index is 11.5. The fraction of sp³-hybridized carbons (Fsp3) is 0.308. The number of hydrogen-bond acceptors (Lipinski definition) is 2. The van der Waals surface area contributed by atoms with E-state index in [1.807, 2.05) is 38.1 Å². The second kappa shape index (κ2) is 5.94. The molecule has 0 bridgehead atoms. The van der Waals surface area contributed by atoms with Crippen molar-refractivity contribution in [1.29, 1.82) is 0 Å². The van der Waals surface area contributed by atoms with Gasteiger partial charge in [-0.3, -0.25) is 10.1 Å². The summed E-state index contributed by atoms with van der Waals surface area (Å²) in [5, 5.41) is 5.71. The average molecular weight is 216 g/mol. The van der Waals surface area contributed by atoms with Crippen LogP contribution in [0.5, 0.6) is 0 Å². The van der Waals surface area contributed by atoms with Crippen molar-refractivity contribution in [3.63, 3.8) is 0 Å². The minimum Gasteiger partial charge on any atom is -0.325 e. The Balaban J connectivity index is 2.43. The van der Waals surface area contributed by atoms with Crippen molar-refractivity contribution >= 4 is 11.6 Å². The third kappa shape index (κ3) is 4.16. The number of nitrogens with one attached hydrogen (secondary N) is 2. The maximum atomic E-state index is 11.5. The predicted molar refractivity (Wildman–Crippen MR) is 66.1 cm³/mol. The zero-order chi connectivity index (χ0) is 12.0. The molecule has 1 aromatic rings. The van der Waals surface area contributed by atoms with E-state index < -0.39 is 0 Å². The Kier molecular flexibility index (Phi) is 4.56. The highest BCUT2D eigenvalue weighted by molar-refractivity contribution is 5.92. The monoisotopic (exact) mass is 216 g/mol. The quantitative estimate of drug-likeness (QED) is 0.750. The van der Waals surface area contributed by atoms with Gasteiger partial charge in [0.1, 0.15) is 0 Å². The van der Waals surface area contributed by atoms with E-state index >= 15 is 0 Å². The van der Waals surface area contributed by atoms with E-state index in [0.717, 1.165) is 11.3 Å². The van der Waals surface area contributed by atoms with E-state index in [2.05, 4.69) is 16.6 Å². The van der Waals surface area contributed by atoms with Crippen LogP contribution < -0.4 is 10.6 Å². The zero-order valence-electron chi connectivity index (χ0n) is 9.58. The first kappa shape index (κ1) is 12.3. The van der Waals surface area contributed by atoms with Crippen LogP contribution in [-0.2, 0) is 4.79 Å². The lowest BCUT2D eigenvalue weighted by atomic mass is 10.2. The Hall–Kier alpha value is -1.79. The molecule has 0 spiro atoms. The molecule has 0 heterocycles. The molecular weight excluding hydrogens is 200 g/mol. The summed E-state index contributed by atoms with van der Waals surface area (Å²) in [6.45, 7) is 4.04. The van der Waals surface area contributed by atoms with Crippen LogP contribution in [-0.4, -0.2) is 18.5 Å². The Morgan fingerprint density at radius 2 is 2.31 bits per heavy atom. The topological polar surface area (TPSA) is 41.1 Å². The van der Waals surface area contributed by atoms with Gasteiger partial charge in [0.05, 0.1) is 12.6 Å². The second-order valence-corrected chi connectivity index (χ2v) is 3.69. The van der Waals surface area contributed by atoms with Gasteiger partial charge in [0, 0.05) is 5.69 Å². The summed E-state index contributed by atoms with van der Waals surface area (Å²) >= 11 is 0. The van der Waals surface area contributed by atoms with Gasteiger partial charge in [-0.2, -0.15) is 0 Å². The molecule has 84 valence electrons. The molecule has 1 aromatic carbocycles. The number of amides is 1. The van der Waals surface area contributed by atoms with Gasteiger partial charge in [-0.25, -0.2) is 0 Å². The number of anilines is 1. The van der Waals surface area contributed by atoms with Crippen LogP contribution in [0.4, 0.5) is 5.69 Å². The Morgan fingerprint density at radius 3 is 2.94 bits per heavy atom. The van der Waals surface area contributed by atoms with Crippen molar-refractivity contribution in [2.24, 2.45) is 0 Å². The SMILES string of the molecule is C#CC(C)NCC(=O)Nc1cccc(C)c1. The molecule has 0 aliphatic rings. The molecule has 1 atom stereocenters. The third-order valence-corrected chi connectivity index (χ3v) is 2.12. The van der Waals surface area contributed by atoms with Crippen LogP contribution in [0.1, 0.15) is 12.5 Å². The van der Waals surface area contributed by atoms with E-state index in [4.69, 9.17) is 6.42 Å². The summed E-state index contributed by atoms with van der Waals surface area (Å²) in [6.07, 6.45) is 5.19. The molecule has 0 saturated heterocycles. The summed E-state index contributed by atoms with van der Waals surface area (Å²) in [5.41, 5.74) is 1.92. The number of rotatable bonds is 4. The minimum absolute atomic E-state index is 0.0901. The smallest absolute Gasteiger partial charge is 0.238 e. The Morgan fingerprint density at radius 1 is 1.56 bits per heavy atom. The standard InChI is InChI=1S/C13H16N2O/c1-4-11(3)14-9-13(16)15-12-7-5-6-10(2)8-12/h1,5-8,11,14H,9H2,2-3H3,(H,15,16). The van der Waals surface area contributed by atoms with Crippen molar-refractivity contribution in [3.05, 3.63) is 29.8 Å². The molecule has 1 unspecified atom stereocenters. The predicted octanol–water partition coefficient (Wildman–Crippen LogP) is 1.54. The summed E-state index contributed by atoms with van der Waals surface area (Å²) < 4.78 is 0. The highest BCUT2D eigenvalue weighted by Crippen LogP contribution is 2.08. The van der Waals surface area contributed by atoms with Gasteiger partial charge < -0.3 is 5.32 Å². The first-order chi connectivity index (χ1) is 7.61. The molecule has 3 heteroatoms. The molecule has 0 saturated carbocycles. The molecule has 3 nitrogen and oxygen atoms in total. The number of aryl methyl sites for hydroxylation is 1. The fourth-order valence-corrected chi connectivity index (χ4v) is 1.23. The van der Waals surface area contributed by atoms with Crippen LogP contribution in [0, 0.1) is 19.3 Å². The number of carbonyl (C=O) groups excluding carboxylic acids is 1. The summed E-state index contributed by atoms with van der Waals surface area (Å²) in [7, 11) is 0. The summed E-state index contributed by atoms with van der Waals surface area (Å²) in [4.78, 5) is 11.5. The zero-order valence-corrected chi connectivity index (χ0v) is 9.58. The van der Waals surface area contributed by atoms with Gasteiger partial charge in [-0.15, -0.1) is 6.42 Å². The summed E-state index contributed by atoms with van der Waals surface area (Å²) in [6, 6.07) is 7.57. The normalized spacial score (nSPS) is 11.6. The van der Waals surface area contributed by atoms with Gasteiger partial charge >= 0.3 is 0 Å². The van der Waals surface area contributed by atoms with Crippen molar-refractivity contribution in [2.45, 2.75) is 19.9 Å². The van der Waals surface area contributed by atoms with Gasteiger partial charge in [0.15, 0.2) is 0 Å². The van der Waals surface area contributed by atoms with Crippen LogP contribution in [0.3, 0.4) is 0 Å². The first-order valence-electron chi connectivity index (χ1n) is 5.18. The van der Waals surface area contributed by atoms with Crippen molar-refractivity contribution in [2.75, 3.05) is 11.9 Å². The second-order valence-electron chi connectivity index (χ2n) is 3.69. The van der Waals surface area contributed by atoms with Crippen LogP contribution in [0.15, 0.2) is 24.3 Å². The average Bonchev–Trinajstić information content (AvgIpc) is 2.26. The van der Waals surface area contributed by atoms with E-state index in [0.29, 0.717) is 0 Å². The molecule has 16 heavy (non-hydrogen) atoms. The number of benzene rings is 1. The van der Waals surface area contributed by atoms with Gasteiger partial charge in [0.25, 0.3) is 0 Å². The van der Waals surface area contributed by atoms with Crippen LogP contribution in [0.2, 0.25) is 0 Å². The Bertz CT molecular complexity index is 407. The molecule has 1 amide bonds. The lowest BCUT2D eigenvalue weighted by Gasteiger charge is -2.08. The molecule has 0 radical (unpaired) electrons. The van der Waals surface area contributed by atoms with Crippen LogP contribution in [0.25, 0.3) is 0 Å². The van der Waals surface area contributed by atoms with Crippen molar-refractivity contribution in [3.8, 4) is 12.3 Å². The van der Waals surface area contributed by atoms with E-state index in [9.17, 15) is 4.79 Å². The van der Waals surface area contributed by atoms with Crippen molar-refractivity contribution in [1.82, 2.24) is 5.32 Å². The minimum atomic E-state index is -0.0942. The van der Waals surface area contributed by atoms with Crippen molar-refractivity contribution < 1.29 is 4.79 Å². The number of terminal acetylenes is 1. The largest absolute Gasteiger partial charge is 0.325 e. The Labute approximate surface area is 96.2 Å². The third-order valence-electron chi connectivity index (χ3n) is 2.12. The summed E-state index contributed by atoms with van der Waals surface area (Å²) in [5.74, 6) is 2.41. The molecule has 0 aliphatic carbocycles. The molecule has 1 rings (SSSR count). The van der Waals surface area contributed by atoms with E-state index in [1.54, 1.807) is 0 Å². The lowest BCUT2D eigenvalue weighted by Crippen LogP contribution is -2.33. The highest BCUT2D eigenvalue weighted by Gasteiger charge is 2.03. The molecule has 0 fully saturated rings. The fourth-order valence-electron chi connectivity index (χ4n) is 1.23. The first-order valence-corrected chi connectivity index (χ1v) is 5.18. The van der Waals surface area contributed by atoms with Gasteiger partial charge in [0.2, 0.25) is 5.91 Å².